The molecule has 1 fully saturated rings. The van der Waals surface area contributed by atoms with Gasteiger partial charge in [-0.2, -0.15) is 0 Å². The van der Waals surface area contributed by atoms with Gasteiger partial charge >= 0.3 is 0 Å². The van der Waals surface area contributed by atoms with Crippen molar-refractivity contribution in [1.82, 2.24) is 15.0 Å². The summed E-state index contributed by atoms with van der Waals surface area (Å²) in [5, 5.41) is 2.89. The summed E-state index contributed by atoms with van der Waals surface area (Å²) in [5.74, 6) is 0.492. The van der Waals surface area contributed by atoms with Crippen molar-refractivity contribution in [3.05, 3.63) is 41.5 Å². The molecule has 3 rings (SSSR count). The molecule has 0 aromatic carbocycles. The molecule has 120 valence electrons. The molecule has 0 spiro atoms. The van der Waals surface area contributed by atoms with E-state index in [1.807, 2.05) is 13.8 Å². The predicted molar refractivity (Wildman–Crippen MR) is 86.7 cm³/mol. The average molecular weight is 313 g/mol. The highest BCUT2D eigenvalue weighted by Crippen LogP contribution is 2.21. The smallest absolute Gasteiger partial charge is 0.255 e. The van der Waals surface area contributed by atoms with Gasteiger partial charge < -0.3 is 15.0 Å². The first-order valence-electron chi connectivity index (χ1n) is 7.54. The van der Waals surface area contributed by atoms with E-state index in [2.05, 4.69) is 25.2 Å². The molecule has 1 aliphatic heterocycles. The normalized spacial score (nSPS) is 14.6. The highest BCUT2D eigenvalue weighted by atomic mass is 16.5. The number of hydrogen-bond acceptors (Lipinski definition) is 6. The summed E-state index contributed by atoms with van der Waals surface area (Å²) in [6.45, 7) is 6.68. The Kier molecular flexibility index (Phi) is 4.47. The fourth-order valence-electron chi connectivity index (χ4n) is 2.47. The molecule has 2 aromatic heterocycles. The number of nitrogens with one attached hydrogen (secondary N) is 1. The SMILES string of the molecule is Cc1nc(N2CCOCC2)nc(C)c1NC(=O)c1ccncc1. The summed E-state index contributed by atoms with van der Waals surface area (Å²) >= 11 is 0. The van der Waals surface area contributed by atoms with Crippen LogP contribution in [0.1, 0.15) is 21.7 Å². The molecule has 0 unspecified atom stereocenters. The first-order valence-corrected chi connectivity index (χ1v) is 7.54. The largest absolute Gasteiger partial charge is 0.378 e. The number of nitrogens with zero attached hydrogens (tertiary/aromatic N) is 4. The topological polar surface area (TPSA) is 80.2 Å². The minimum Gasteiger partial charge on any atom is -0.378 e. The van der Waals surface area contributed by atoms with E-state index in [0.29, 0.717) is 30.4 Å². The zero-order chi connectivity index (χ0) is 16.2. The maximum absolute atomic E-state index is 12.3. The molecule has 1 saturated heterocycles. The fourth-order valence-corrected chi connectivity index (χ4v) is 2.47. The number of rotatable bonds is 3. The zero-order valence-corrected chi connectivity index (χ0v) is 13.2. The van der Waals surface area contributed by atoms with Crippen molar-refractivity contribution in [3.8, 4) is 0 Å². The Morgan fingerprint density at radius 1 is 1.13 bits per heavy atom. The van der Waals surface area contributed by atoms with Gasteiger partial charge in [-0.15, -0.1) is 0 Å². The van der Waals surface area contributed by atoms with E-state index >= 15 is 0 Å². The van der Waals surface area contributed by atoms with Gasteiger partial charge in [-0.25, -0.2) is 9.97 Å². The number of carbonyl (C=O) groups is 1. The third kappa shape index (κ3) is 3.45. The van der Waals surface area contributed by atoms with Crippen LogP contribution in [0.4, 0.5) is 11.6 Å². The quantitative estimate of drug-likeness (QED) is 0.926. The Morgan fingerprint density at radius 3 is 2.35 bits per heavy atom. The second-order valence-electron chi connectivity index (χ2n) is 5.36. The summed E-state index contributed by atoms with van der Waals surface area (Å²) < 4.78 is 5.35. The molecular weight excluding hydrogens is 294 g/mol. The Hall–Kier alpha value is -2.54. The lowest BCUT2D eigenvalue weighted by atomic mass is 10.2. The van der Waals surface area contributed by atoms with Gasteiger partial charge in [0.05, 0.1) is 30.3 Å². The van der Waals surface area contributed by atoms with E-state index in [-0.39, 0.29) is 5.91 Å². The zero-order valence-electron chi connectivity index (χ0n) is 13.2. The second-order valence-corrected chi connectivity index (χ2v) is 5.36. The molecule has 7 heteroatoms. The van der Waals surface area contributed by atoms with E-state index in [9.17, 15) is 4.79 Å². The molecule has 0 saturated carbocycles. The van der Waals surface area contributed by atoms with Crippen molar-refractivity contribution >= 4 is 17.5 Å². The summed E-state index contributed by atoms with van der Waals surface area (Å²) in [7, 11) is 0. The van der Waals surface area contributed by atoms with Gasteiger partial charge in [0.1, 0.15) is 0 Å². The van der Waals surface area contributed by atoms with Crippen molar-refractivity contribution in [2.45, 2.75) is 13.8 Å². The average Bonchev–Trinajstić information content (AvgIpc) is 2.59. The first kappa shape index (κ1) is 15.4. The van der Waals surface area contributed by atoms with Crippen LogP contribution in [-0.4, -0.2) is 47.2 Å². The highest BCUT2D eigenvalue weighted by molar-refractivity contribution is 6.04. The number of amides is 1. The Morgan fingerprint density at radius 2 is 1.74 bits per heavy atom. The summed E-state index contributed by atoms with van der Waals surface area (Å²) in [6.07, 6.45) is 3.18. The van der Waals surface area contributed by atoms with Crippen LogP contribution in [0.15, 0.2) is 24.5 Å². The van der Waals surface area contributed by atoms with Crippen molar-refractivity contribution in [3.63, 3.8) is 0 Å². The Labute approximate surface area is 134 Å². The van der Waals surface area contributed by atoms with Gasteiger partial charge in [-0.3, -0.25) is 9.78 Å². The van der Waals surface area contributed by atoms with E-state index in [1.54, 1.807) is 24.5 Å². The van der Waals surface area contributed by atoms with Crippen LogP contribution in [0.3, 0.4) is 0 Å². The molecule has 0 bridgehead atoms. The van der Waals surface area contributed by atoms with Crippen LogP contribution in [0.2, 0.25) is 0 Å². The number of anilines is 2. The van der Waals surface area contributed by atoms with Crippen LogP contribution >= 0.6 is 0 Å². The lowest BCUT2D eigenvalue weighted by Crippen LogP contribution is -2.37. The van der Waals surface area contributed by atoms with Crippen LogP contribution in [0.5, 0.6) is 0 Å². The van der Waals surface area contributed by atoms with Crippen LogP contribution < -0.4 is 10.2 Å². The molecule has 2 aromatic rings. The predicted octanol–water partition coefficient (Wildman–Crippen LogP) is 1.58. The second kappa shape index (κ2) is 6.70. The monoisotopic (exact) mass is 313 g/mol. The van der Waals surface area contributed by atoms with E-state index in [1.165, 1.54) is 0 Å². The van der Waals surface area contributed by atoms with Gasteiger partial charge in [-0.1, -0.05) is 0 Å². The third-order valence-electron chi connectivity index (χ3n) is 3.73. The summed E-state index contributed by atoms with van der Waals surface area (Å²) in [5.41, 5.74) is 2.71. The molecule has 0 aliphatic carbocycles. The fraction of sp³-hybridized carbons (Fsp3) is 0.375. The molecule has 7 nitrogen and oxygen atoms in total. The van der Waals surface area contributed by atoms with Crippen molar-refractivity contribution in [1.29, 1.82) is 0 Å². The molecule has 1 N–H and O–H groups in total. The van der Waals surface area contributed by atoms with Crippen LogP contribution in [0, 0.1) is 13.8 Å². The number of hydrogen-bond donors (Lipinski definition) is 1. The summed E-state index contributed by atoms with van der Waals surface area (Å²) in [6, 6.07) is 3.34. The van der Waals surface area contributed by atoms with Crippen LogP contribution in [0.25, 0.3) is 0 Å². The van der Waals surface area contributed by atoms with Crippen LogP contribution in [-0.2, 0) is 4.74 Å². The van der Waals surface area contributed by atoms with E-state index in [0.717, 1.165) is 24.5 Å². The highest BCUT2D eigenvalue weighted by Gasteiger charge is 2.18. The number of carbonyl (C=O) groups excluding carboxylic acids is 1. The number of morpholine rings is 1. The molecule has 1 amide bonds. The minimum atomic E-state index is -0.193. The molecule has 0 radical (unpaired) electrons. The van der Waals surface area contributed by atoms with Crippen molar-refractivity contribution in [2.24, 2.45) is 0 Å². The number of pyridine rings is 1. The number of aryl methyl sites for hydroxylation is 2. The molecule has 3 heterocycles. The van der Waals surface area contributed by atoms with E-state index in [4.69, 9.17) is 4.74 Å². The molecule has 0 atom stereocenters. The maximum atomic E-state index is 12.3. The lowest BCUT2D eigenvalue weighted by Gasteiger charge is -2.27. The van der Waals surface area contributed by atoms with E-state index < -0.39 is 0 Å². The molecule has 1 aliphatic rings. The molecular formula is C16H19N5O2. The molecule has 23 heavy (non-hydrogen) atoms. The van der Waals surface area contributed by atoms with Gasteiger partial charge in [0.2, 0.25) is 5.95 Å². The van der Waals surface area contributed by atoms with Gasteiger partial charge in [-0.05, 0) is 26.0 Å². The number of ether oxygens (including phenoxy) is 1. The van der Waals surface area contributed by atoms with Gasteiger partial charge in [0.25, 0.3) is 5.91 Å². The van der Waals surface area contributed by atoms with Crippen molar-refractivity contribution < 1.29 is 9.53 Å². The summed E-state index contributed by atoms with van der Waals surface area (Å²) in [4.78, 5) is 27.4. The third-order valence-corrected chi connectivity index (χ3v) is 3.73. The Balaban J connectivity index is 1.81. The number of aromatic nitrogens is 3. The minimum absolute atomic E-state index is 0.193. The van der Waals surface area contributed by atoms with Gasteiger partial charge in [0.15, 0.2) is 0 Å². The van der Waals surface area contributed by atoms with Crippen molar-refractivity contribution in [2.75, 3.05) is 36.5 Å². The standard InChI is InChI=1S/C16H19N5O2/c1-11-14(20-15(22)13-3-5-17-6-4-13)12(2)19-16(18-11)21-7-9-23-10-8-21/h3-6H,7-10H2,1-2H3,(H,20,22). The Bertz CT molecular complexity index is 676. The lowest BCUT2D eigenvalue weighted by molar-refractivity contribution is 0.102. The van der Waals surface area contributed by atoms with Gasteiger partial charge in [0, 0.05) is 31.0 Å². The maximum Gasteiger partial charge on any atom is 0.255 e. The first-order chi connectivity index (χ1) is 11.1.